The molecule has 0 aliphatic heterocycles. The summed E-state index contributed by atoms with van der Waals surface area (Å²) in [6.07, 6.45) is 0. The summed E-state index contributed by atoms with van der Waals surface area (Å²) in [5.74, 6) is 0. The summed E-state index contributed by atoms with van der Waals surface area (Å²) < 4.78 is 13.0. The van der Waals surface area contributed by atoms with Crippen molar-refractivity contribution in [1.82, 2.24) is 0 Å². The summed E-state index contributed by atoms with van der Waals surface area (Å²) in [6, 6.07) is 81.1. The van der Waals surface area contributed by atoms with Gasteiger partial charge in [0, 0.05) is 44.7 Å². The Bertz CT molecular complexity index is 3630. The lowest BCUT2D eigenvalue weighted by Gasteiger charge is -2.34. The second-order valence-corrected chi connectivity index (χ2v) is 16.4. The molecule has 0 fully saturated rings. The van der Waals surface area contributed by atoms with Gasteiger partial charge in [0.1, 0.15) is 22.3 Å². The Morgan fingerprint density at radius 3 is 1.45 bits per heavy atom. The predicted molar refractivity (Wildman–Crippen MR) is 256 cm³/mol. The van der Waals surface area contributed by atoms with E-state index in [1.165, 1.54) is 44.5 Å². The summed E-state index contributed by atoms with van der Waals surface area (Å²) in [5, 5.41) is 6.68. The van der Waals surface area contributed by atoms with Gasteiger partial charge in [-0.3, -0.25) is 0 Å². The summed E-state index contributed by atoms with van der Waals surface area (Å²) in [4.78, 5) is 2.34. The minimum atomic E-state index is -0.471. The van der Waals surface area contributed by atoms with Crippen LogP contribution in [0.15, 0.2) is 233 Å². The van der Waals surface area contributed by atoms with E-state index in [4.69, 9.17) is 8.83 Å². The van der Waals surface area contributed by atoms with Crippen molar-refractivity contribution in [2.75, 3.05) is 4.90 Å². The average Bonchev–Trinajstić information content (AvgIpc) is 3.98. The minimum Gasteiger partial charge on any atom is -0.456 e. The van der Waals surface area contributed by atoms with Crippen molar-refractivity contribution in [1.29, 1.82) is 0 Å². The molecule has 10 aromatic carbocycles. The molecule has 62 heavy (non-hydrogen) atoms. The van der Waals surface area contributed by atoms with Crippen molar-refractivity contribution in [3.05, 3.63) is 247 Å². The molecule has 0 unspecified atom stereocenters. The minimum absolute atomic E-state index is 0.471. The van der Waals surface area contributed by atoms with Gasteiger partial charge in [0.05, 0.1) is 5.41 Å². The third kappa shape index (κ3) is 5.12. The fraction of sp³-hybridized carbons (Fsp3) is 0.0169. The predicted octanol–water partition coefficient (Wildman–Crippen LogP) is 16.1. The van der Waals surface area contributed by atoms with Crippen LogP contribution in [0.4, 0.5) is 17.1 Å². The van der Waals surface area contributed by atoms with E-state index in [1.54, 1.807) is 0 Å². The fourth-order valence-corrected chi connectivity index (χ4v) is 10.3. The van der Waals surface area contributed by atoms with E-state index < -0.39 is 5.41 Å². The van der Waals surface area contributed by atoms with Gasteiger partial charge in [-0.1, -0.05) is 152 Å². The molecule has 1 aliphatic carbocycles. The standard InChI is InChI=1S/C59H37NO2/c1-3-13-38(14-4-1)39-23-27-44(28-24-39)60(45-29-25-43(26-30-45)59(42-15-5-2-6-16-42)53-20-10-7-17-47(53)48-18-8-11-21-54(48)59)46-31-32-50-52-34-40-33-51-49-19-9-12-22-55(49)61-56(51)35-41(40)36-57(52)62-58(50)37-46/h1-37H. The number of furan rings is 2. The lowest BCUT2D eigenvalue weighted by atomic mass is 9.68. The third-order valence-electron chi connectivity index (χ3n) is 13.1. The number of para-hydroxylation sites is 1. The van der Waals surface area contributed by atoms with E-state index in [2.05, 4.69) is 217 Å². The van der Waals surface area contributed by atoms with Crippen LogP contribution in [0.5, 0.6) is 0 Å². The van der Waals surface area contributed by atoms with E-state index in [9.17, 15) is 0 Å². The molecule has 3 nitrogen and oxygen atoms in total. The number of hydrogen-bond acceptors (Lipinski definition) is 3. The Morgan fingerprint density at radius 2 is 0.774 bits per heavy atom. The van der Waals surface area contributed by atoms with Crippen LogP contribution in [0.25, 0.3) is 76.9 Å². The van der Waals surface area contributed by atoms with E-state index in [0.717, 1.165) is 71.7 Å². The van der Waals surface area contributed by atoms with Gasteiger partial charge in [-0.05, 0) is 122 Å². The molecule has 0 radical (unpaired) electrons. The van der Waals surface area contributed by atoms with Gasteiger partial charge < -0.3 is 13.7 Å². The molecule has 0 bridgehead atoms. The highest BCUT2D eigenvalue weighted by molar-refractivity contribution is 6.15. The molecular formula is C59H37NO2. The monoisotopic (exact) mass is 791 g/mol. The highest BCUT2D eigenvalue weighted by Gasteiger charge is 2.45. The molecule has 2 heterocycles. The first-order valence-corrected chi connectivity index (χ1v) is 21.2. The second kappa shape index (κ2) is 13.4. The number of nitrogens with zero attached hydrogens (tertiary/aromatic N) is 1. The maximum atomic E-state index is 6.73. The van der Waals surface area contributed by atoms with Gasteiger partial charge in [-0.2, -0.15) is 0 Å². The van der Waals surface area contributed by atoms with Crippen LogP contribution in [0.3, 0.4) is 0 Å². The zero-order chi connectivity index (χ0) is 40.8. The smallest absolute Gasteiger partial charge is 0.137 e. The van der Waals surface area contributed by atoms with Gasteiger partial charge in [0.15, 0.2) is 0 Å². The molecule has 0 amide bonds. The molecule has 3 heteroatoms. The number of benzene rings is 10. The Morgan fingerprint density at radius 1 is 0.306 bits per heavy atom. The quantitative estimate of drug-likeness (QED) is 0.168. The molecule has 2 aromatic heterocycles. The highest BCUT2D eigenvalue weighted by atomic mass is 16.3. The van der Waals surface area contributed by atoms with Crippen molar-refractivity contribution in [3.8, 4) is 22.3 Å². The molecule has 1 aliphatic rings. The first-order valence-electron chi connectivity index (χ1n) is 21.2. The van der Waals surface area contributed by atoms with Crippen LogP contribution in [-0.4, -0.2) is 0 Å². The fourth-order valence-electron chi connectivity index (χ4n) is 10.3. The number of rotatable bonds is 6. The van der Waals surface area contributed by atoms with Crippen molar-refractivity contribution < 1.29 is 8.83 Å². The van der Waals surface area contributed by atoms with Gasteiger partial charge in [0.2, 0.25) is 0 Å². The molecule has 0 N–H and O–H groups in total. The van der Waals surface area contributed by atoms with Crippen LogP contribution in [0.1, 0.15) is 22.3 Å². The Kier molecular flexibility index (Phi) is 7.52. The molecule has 0 saturated carbocycles. The van der Waals surface area contributed by atoms with Crippen LogP contribution in [0, 0.1) is 0 Å². The summed E-state index contributed by atoms with van der Waals surface area (Å²) in [6.45, 7) is 0. The number of anilines is 3. The average molecular weight is 792 g/mol. The SMILES string of the molecule is c1ccc(-c2ccc(N(c3ccc(C4(c5ccccc5)c5ccccc5-c5ccccc54)cc3)c3ccc4c(c3)oc3cc5cc6oc7ccccc7c6cc5cc34)cc2)cc1. The van der Waals surface area contributed by atoms with Gasteiger partial charge in [-0.25, -0.2) is 0 Å². The van der Waals surface area contributed by atoms with Crippen molar-refractivity contribution in [3.63, 3.8) is 0 Å². The van der Waals surface area contributed by atoms with E-state index >= 15 is 0 Å². The number of hydrogen-bond donors (Lipinski definition) is 0. The van der Waals surface area contributed by atoms with Crippen molar-refractivity contribution >= 4 is 71.7 Å². The van der Waals surface area contributed by atoms with Crippen LogP contribution < -0.4 is 4.90 Å². The van der Waals surface area contributed by atoms with E-state index in [-0.39, 0.29) is 0 Å². The molecular weight excluding hydrogens is 755 g/mol. The zero-order valence-corrected chi connectivity index (χ0v) is 33.6. The Hall–Kier alpha value is -8.14. The van der Waals surface area contributed by atoms with Crippen molar-refractivity contribution in [2.24, 2.45) is 0 Å². The Labute approximate surface area is 358 Å². The molecule has 0 atom stereocenters. The first kappa shape index (κ1) is 34.7. The third-order valence-corrected chi connectivity index (χ3v) is 13.1. The van der Waals surface area contributed by atoms with Crippen LogP contribution in [-0.2, 0) is 5.41 Å². The van der Waals surface area contributed by atoms with Gasteiger partial charge in [0.25, 0.3) is 0 Å². The van der Waals surface area contributed by atoms with Crippen LogP contribution >= 0.6 is 0 Å². The second-order valence-electron chi connectivity index (χ2n) is 16.4. The normalized spacial score (nSPS) is 13.0. The maximum absolute atomic E-state index is 6.73. The van der Waals surface area contributed by atoms with Gasteiger partial charge >= 0.3 is 0 Å². The molecule has 0 saturated heterocycles. The number of fused-ring (bicyclic) bond motifs is 10. The topological polar surface area (TPSA) is 29.5 Å². The molecule has 290 valence electrons. The maximum Gasteiger partial charge on any atom is 0.137 e. The molecule has 13 rings (SSSR count). The first-order chi connectivity index (χ1) is 30.7. The summed E-state index contributed by atoms with van der Waals surface area (Å²) in [7, 11) is 0. The van der Waals surface area contributed by atoms with E-state index in [1.807, 2.05) is 12.1 Å². The largest absolute Gasteiger partial charge is 0.456 e. The van der Waals surface area contributed by atoms with Crippen LogP contribution in [0.2, 0.25) is 0 Å². The lowest BCUT2D eigenvalue weighted by Crippen LogP contribution is -2.28. The Balaban J connectivity index is 0.967. The van der Waals surface area contributed by atoms with Crippen molar-refractivity contribution in [2.45, 2.75) is 5.41 Å². The summed E-state index contributed by atoms with van der Waals surface area (Å²) >= 11 is 0. The summed E-state index contributed by atoms with van der Waals surface area (Å²) in [5.41, 5.74) is 16.2. The zero-order valence-electron chi connectivity index (χ0n) is 33.6. The highest BCUT2D eigenvalue weighted by Crippen LogP contribution is 2.56. The van der Waals surface area contributed by atoms with Gasteiger partial charge in [-0.15, -0.1) is 0 Å². The molecule has 12 aromatic rings. The van der Waals surface area contributed by atoms with E-state index in [0.29, 0.717) is 0 Å². The molecule has 0 spiro atoms. The lowest BCUT2D eigenvalue weighted by molar-refractivity contribution is 0.668.